The van der Waals surface area contributed by atoms with E-state index in [4.69, 9.17) is 7.74 Å². The summed E-state index contributed by atoms with van der Waals surface area (Å²) in [7, 11) is 6.93. The molecule has 0 aromatic heterocycles. The first-order chi connectivity index (χ1) is 5.26. The lowest BCUT2D eigenvalue weighted by atomic mass is 9.49. The molecule has 0 aliphatic heterocycles. The van der Waals surface area contributed by atoms with Gasteiger partial charge in [0.15, 0.2) is 0 Å². The summed E-state index contributed by atoms with van der Waals surface area (Å²) in [5.74, 6) is 0. The van der Waals surface area contributed by atoms with Crippen molar-refractivity contribution in [3.8, 4) is 0 Å². The smallest absolute Gasteiger partial charge is 0.0960 e. The van der Waals surface area contributed by atoms with Gasteiger partial charge in [0, 0.05) is 7.74 Å². The molecule has 0 saturated carbocycles. The fraction of sp³-hybridized carbons (Fsp3) is 0.111. The van der Waals surface area contributed by atoms with Crippen LogP contribution in [0.2, 0.25) is 0 Å². The highest BCUT2D eigenvalue weighted by molar-refractivity contribution is 6.94. The lowest BCUT2D eigenvalue weighted by Crippen LogP contribution is -1.95. The van der Waals surface area contributed by atoms with Crippen molar-refractivity contribution in [2.45, 2.75) is 6.92 Å². The van der Waals surface area contributed by atoms with Crippen molar-refractivity contribution in [3.05, 3.63) is 48.5 Å². The van der Waals surface area contributed by atoms with Gasteiger partial charge in [0.1, 0.15) is 0 Å². The Morgan fingerprint density at radius 1 is 1.45 bits per heavy atom. The van der Waals surface area contributed by atoms with E-state index in [1.54, 1.807) is 19.3 Å². The SMILES string of the molecule is [B][B]C(/C=C\C=C)=C(\C)C=C. The zero-order valence-corrected chi connectivity index (χ0v) is 6.88. The normalized spacial score (nSPS) is 12.5. The largest absolute Gasteiger partial charge is 0.0991 e. The van der Waals surface area contributed by atoms with Crippen LogP contribution >= 0.6 is 0 Å². The van der Waals surface area contributed by atoms with E-state index < -0.39 is 0 Å². The van der Waals surface area contributed by atoms with Gasteiger partial charge in [-0.1, -0.05) is 48.5 Å². The van der Waals surface area contributed by atoms with Gasteiger partial charge in [-0.15, -0.1) is 0 Å². The molecule has 0 heterocycles. The van der Waals surface area contributed by atoms with E-state index >= 15 is 0 Å². The van der Waals surface area contributed by atoms with Crippen molar-refractivity contribution in [1.29, 1.82) is 0 Å². The van der Waals surface area contributed by atoms with Crippen LogP contribution in [0.5, 0.6) is 0 Å². The molecule has 0 aromatic rings. The molecule has 0 nitrogen and oxygen atoms in total. The lowest BCUT2D eigenvalue weighted by Gasteiger charge is -1.99. The summed E-state index contributed by atoms with van der Waals surface area (Å²) in [6.07, 6.45) is 7.21. The first-order valence-electron chi connectivity index (χ1n) is 3.43. The minimum atomic E-state index is 0.972. The zero-order valence-electron chi connectivity index (χ0n) is 6.88. The fourth-order valence-corrected chi connectivity index (χ4v) is 0.608. The average Bonchev–Trinajstić information content (AvgIpc) is 2.05. The molecule has 0 unspecified atom stereocenters. The van der Waals surface area contributed by atoms with Crippen LogP contribution in [0.15, 0.2) is 48.5 Å². The topological polar surface area (TPSA) is 0 Å². The Morgan fingerprint density at radius 2 is 2.09 bits per heavy atom. The molecule has 0 saturated heterocycles. The minimum Gasteiger partial charge on any atom is -0.0991 e. The van der Waals surface area contributed by atoms with Crippen LogP contribution in [-0.4, -0.2) is 14.9 Å². The molecule has 0 N–H and O–H groups in total. The molecular weight excluding hydrogens is 130 g/mol. The fourth-order valence-electron chi connectivity index (χ4n) is 0.608. The Balaban J connectivity index is 4.50. The molecule has 0 spiro atoms. The maximum atomic E-state index is 5.37. The second-order valence-electron chi connectivity index (χ2n) is 2.10. The molecule has 2 heteroatoms. The summed E-state index contributed by atoms with van der Waals surface area (Å²) in [6.45, 7) is 9.16. The van der Waals surface area contributed by atoms with Gasteiger partial charge in [0.05, 0.1) is 7.17 Å². The maximum absolute atomic E-state index is 5.37. The van der Waals surface area contributed by atoms with Crippen molar-refractivity contribution < 1.29 is 0 Å². The predicted molar refractivity (Wildman–Crippen MR) is 53.7 cm³/mol. The highest BCUT2D eigenvalue weighted by Crippen LogP contribution is 2.03. The van der Waals surface area contributed by atoms with Crippen molar-refractivity contribution in [1.82, 2.24) is 0 Å². The molecular formula is C9H11B2. The Labute approximate surface area is 71.0 Å². The summed E-state index contributed by atoms with van der Waals surface area (Å²) in [5.41, 5.74) is 2.03. The molecule has 0 bridgehead atoms. The molecule has 11 heavy (non-hydrogen) atoms. The second kappa shape index (κ2) is 5.84. The summed E-state index contributed by atoms with van der Waals surface area (Å²) in [6, 6.07) is 0. The van der Waals surface area contributed by atoms with Crippen LogP contribution in [0, 0.1) is 0 Å². The molecule has 0 aliphatic rings. The number of rotatable bonds is 4. The molecule has 53 valence electrons. The van der Waals surface area contributed by atoms with Gasteiger partial charge in [-0.05, 0) is 6.92 Å². The van der Waals surface area contributed by atoms with Crippen LogP contribution in [-0.2, 0) is 0 Å². The van der Waals surface area contributed by atoms with Gasteiger partial charge < -0.3 is 0 Å². The molecule has 0 atom stereocenters. The molecule has 0 amide bonds. The number of hydrogen-bond acceptors (Lipinski definition) is 0. The number of hydrogen-bond donors (Lipinski definition) is 0. The molecule has 3 radical (unpaired) electrons. The third-order valence-corrected chi connectivity index (χ3v) is 1.35. The van der Waals surface area contributed by atoms with E-state index in [1.165, 1.54) is 0 Å². The molecule has 0 aromatic carbocycles. The predicted octanol–water partition coefficient (Wildman–Crippen LogP) is 1.98. The van der Waals surface area contributed by atoms with Crippen LogP contribution in [0.25, 0.3) is 0 Å². The summed E-state index contributed by atoms with van der Waals surface area (Å²) in [5, 5.41) is 0. The lowest BCUT2D eigenvalue weighted by molar-refractivity contribution is 1.51. The van der Waals surface area contributed by atoms with E-state index in [0.717, 1.165) is 11.0 Å². The van der Waals surface area contributed by atoms with Crippen molar-refractivity contribution in [3.63, 3.8) is 0 Å². The highest BCUT2D eigenvalue weighted by Gasteiger charge is 1.90. The van der Waals surface area contributed by atoms with Gasteiger partial charge >= 0.3 is 0 Å². The monoisotopic (exact) mass is 141 g/mol. The molecule has 0 rings (SSSR count). The van der Waals surface area contributed by atoms with Gasteiger partial charge in [-0.2, -0.15) is 0 Å². The summed E-state index contributed by atoms with van der Waals surface area (Å²) in [4.78, 5) is 0. The average molecular weight is 141 g/mol. The Kier molecular flexibility index (Phi) is 5.36. The Bertz CT molecular complexity index is 200. The third kappa shape index (κ3) is 3.72. The summed E-state index contributed by atoms with van der Waals surface area (Å²) < 4.78 is 0. The number of allylic oxidation sites excluding steroid dienone is 6. The highest BCUT2D eigenvalue weighted by atomic mass is 13.9. The van der Waals surface area contributed by atoms with Crippen LogP contribution in [0.4, 0.5) is 0 Å². The van der Waals surface area contributed by atoms with E-state index in [0.29, 0.717) is 0 Å². The van der Waals surface area contributed by atoms with Crippen LogP contribution in [0.1, 0.15) is 6.92 Å². The van der Waals surface area contributed by atoms with E-state index in [1.807, 2.05) is 19.1 Å². The summed E-state index contributed by atoms with van der Waals surface area (Å²) >= 11 is 0. The van der Waals surface area contributed by atoms with Crippen molar-refractivity contribution >= 4 is 14.9 Å². The Hall–Kier alpha value is -0.910. The zero-order chi connectivity index (χ0) is 8.69. The van der Waals surface area contributed by atoms with Crippen molar-refractivity contribution in [2.24, 2.45) is 0 Å². The van der Waals surface area contributed by atoms with E-state index in [9.17, 15) is 0 Å². The second-order valence-corrected chi connectivity index (χ2v) is 2.10. The quantitative estimate of drug-likeness (QED) is 0.414. The molecule has 0 aliphatic carbocycles. The Morgan fingerprint density at radius 3 is 2.45 bits per heavy atom. The first kappa shape index (κ1) is 10.1. The third-order valence-electron chi connectivity index (χ3n) is 1.35. The van der Waals surface area contributed by atoms with Crippen molar-refractivity contribution in [2.75, 3.05) is 0 Å². The van der Waals surface area contributed by atoms with E-state index in [-0.39, 0.29) is 0 Å². The van der Waals surface area contributed by atoms with Crippen LogP contribution < -0.4 is 0 Å². The van der Waals surface area contributed by atoms with E-state index in [2.05, 4.69) is 13.2 Å². The first-order valence-corrected chi connectivity index (χ1v) is 3.43. The van der Waals surface area contributed by atoms with Gasteiger partial charge in [0.2, 0.25) is 0 Å². The maximum Gasteiger partial charge on any atom is 0.0960 e. The standard InChI is InChI=1S/C9H11B2/c1-4-6-7-9(11-10)8(3)5-2/h4-7H,1-2H2,3H3/b7-6-,9-8+. The van der Waals surface area contributed by atoms with Gasteiger partial charge in [-0.25, -0.2) is 0 Å². The van der Waals surface area contributed by atoms with Gasteiger partial charge in [-0.3, -0.25) is 0 Å². The van der Waals surface area contributed by atoms with Crippen LogP contribution in [0.3, 0.4) is 0 Å². The van der Waals surface area contributed by atoms with Gasteiger partial charge in [0.25, 0.3) is 0 Å². The minimum absolute atomic E-state index is 0.972. The molecule has 0 fully saturated rings.